The summed E-state index contributed by atoms with van der Waals surface area (Å²) in [5.74, 6) is -0.433. The number of rotatable bonds is 6. The van der Waals surface area contributed by atoms with E-state index in [4.69, 9.17) is 5.73 Å². The van der Waals surface area contributed by atoms with Crippen LogP contribution in [0.1, 0.15) is 44.7 Å². The molecule has 0 aliphatic carbocycles. The Morgan fingerprint density at radius 1 is 1.39 bits per heavy atom. The summed E-state index contributed by atoms with van der Waals surface area (Å²) in [6.45, 7) is 3.92. The molecule has 1 rings (SSSR count). The summed E-state index contributed by atoms with van der Waals surface area (Å²) in [6, 6.07) is 5.47. The first-order valence-electron chi connectivity index (χ1n) is 6.36. The molecule has 0 saturated heterocycles. The molecular weight excluding hydrogens is 231 g/mol. The molecule has 0 fully saturated rings. The maximum atomic E-state index is 12.8. The lowest BCUT2D eigenvalue weighted by molar-refractivity contribution is -0.123. The van der Waals surface area contributed by atoms with Crippen molar-refractivity contribution in [3.63, 3.8) is 0 Å². The number of carbonyl (C=O) groups is 1. The molecule has 1 amide bonds. The van der Waals surface area contributed by atoms with Crippen LogP contribution >= 0.6 is 0 Å². The molecular formula is C14H21FN2O. The first-order chi connectivity index (χ1) is 8.54. The van der Waals surface area contributed by atoms with Crippen molar-refractivity contribution in [1.82, 2.24) is 5.32 Å². The third kappa shape index (κ3) is 4.45. The van der Waals surface area contributed by atoms with Gasteiger partial charge in [-0.1, -0.05) is 31.9 Å². The van der Waals surface area contributed by atoms with Crippen molar-refractivity contribution in [3.05, 3.63) is 35.6 Å². The fraction of sp³-hybridized carbons (Fsp3) is 0.500. The minimum absolute atomic E-state index is 0.153. The highest BCUT2D eigenvalue weighted by Crippen LogP contribution is 2.13. The molecule has 0 heterocycles. The van der Waals surface area contributed by atoms with Gasteiger partial charge in [-0.05, 0) is 31.0 Å². The number of nitrogens with two attached hydrogens (primary N) is 1. The van der Waals surface area contributed by atoms with E-state index in [1.165, 1.54) is 12.1 Å². The lowest BCUT2D eigenvalue weighted by Gasteiger charge is -2.17. The number of benzene rings is 1. The largest absolute Gasteiger partial charge is 0.348 e. The summed E-state index contributed by atoms with van der Waals surface area (Å²) in [5, 5.41) is 2.84. The molecule has 3 nitrogen and oxygen atoms in total. The average molecular weight is 252 g/mol. The second-order valence-corrected chi connectivity index (χ2v) is 4.53. The summed E-state index contributed by atoms with van der Waals surface area (Å²) in [5.41, 5.74) is 6.65. The van der Waals surface area contributed by atoms with Gasteiger partial charge in [-0.25, -0.2) is 4.39 Å². The van der Waals surface area contributed by atoms with Crippen molar-refractivity contribution in [2.45, 2.75) is 45.2 Å². The standard InChI is InChI=1S/C14H21FN2O/c1-3-4-5-13(16)14(18)17-10(2)11-6-8-12(15)9-7-11/h6-10,13H,3-5,16H2,1-2H3,(H,17,18)/t10-,13+/m1/s1. The molecule has 4 heteroatoms. The van der Waals surface area contributed by atoms with Gasteiger partial charge in [-0.2, -0.15) is 0 Å². The van der Waals surface area contributed by atoms with E-state index in [0.29, 0.717) is 6.42 Å². The lowest BCUT2D eigenvalue weighted by Crippen LogP contribution is -2.41. The van der Waals surface area contributed by atoms with E-state index in [-0.39, 0.29) is 17.8 Å². The third-order valence-electron chi connectivity index (χ3n) is 2.93. The number of hydrogen-bond acceptors (Lipinski definition) is 2. The highest BCUT2D eigenvalue weighted by Gasteiger charge is 2.15. The van der Waals surface area contributed by atoms with Crippen molar-refractivity contribution < 1.29 is 9.18 Å². The van der Waals surface area contributed by atoms with Gasteiger partial charge >= 0.3 is 0 Å². The van der Waals surface area contributed by atoms with Crippen molar-refractivity contribution >= 4 is 5.91 Å². The van der Waals surface area contributed by atoms with Crippen LogP contribution in [0.4, 0.5) is 4.39 Å². The molecule has 1 aromatic rings. The topological polar surface area (TPSA) is 55.1 Å². The molecule has 18 heavy (non-hydrogen) atoms. The van der Waals surface area contributed by atoms with Gasteiger partial charge in [0.1, 0.15) is 5.82 Å². The van der Waals surface area contributed by atoms with Crippen molar-refractivity contribution in [2.75, 3.05) is 0 Å². The number of hydrogen-bond donors (Lipinski definition) is 2. The van der Waals surface area contributed by atoms with Crippen LogP contribution in [0, 0.1) is 5.82 Å². The van der Waals surface area contributed by atoms with Crippen LogP contribution in [0.5, 0.6) is 0 Å². The van der Waals surface area contributed by atoms with E-state index in [0.717, 1.165) is 18.4 Å². The Bertz CT molecular complexity index is 378. The summed E-state index contributed by atoms with van der Waals surface area (Å²) >= 11 is 0. The predicted octanol–water partition coefficient (Wildman–Crippen LogP) is 2.52. The van der Waals surface area contributed by atoms with Crippen LogP contribution in [0.25, 0.3) is 0 Å². The van der Waals surface area contributed by atoms with Crippen LogP contribution in [0.3, 0.4) is 0 Å². The van der Waals surface area contributed by atoms with E-state index in [9.17, 15) is 9.18 Å². The molecule has 100 valence electrons. The Hall–Kier alpha value is -1.42. The molecule has 0 spiro atoms. The molecule has 1 aromatic carbocycles. The Morgan fingerprint density at radius 3 is 2.56 bits per heavy atom. The first-order valence-corrected chi connectivity index (χ1v) is 6.36. The summed E-state index contributed by atoms with van der Waals surface area (Å²) in [4.78, 5) is 11.8. The third-order valence-corrected chi connectivity index (χ3v) is 2.93. The van der Waals surface area contributed by atoms with E-state index >= 15 is 0 Å². The van der Waals surface area contributed by atoms with Gasteiger partial charge < -0.3 is 11.1 Å². The monoisotopic (exact) mass is 252 g/mol. The highest BCUT2D eigenvalue weighted by molar-refractivity contribution is 5.81. The van der Waals surface area contributed by atoms with E-state index in [2.05, 4.69) is 12.2 Å². The minimum Gasteiger partial charge on any atom is -0.348 e. The van der Waals surface area contributed by atoms with Gasteiger partial charge in [0.2, 0.25) is 5.91 Å². The zero-order valence-electron chi connectivity index (χ0n) is 10.9. The smallest absolute Gasteiger partial charge is 0.237 e. The molecule has 0 aromatic heterocycles. The number of nitrogens with one attached hydrogen (secondary N) is 1. The lowest BCUT2D eigenvalue weighted by atomic mass is 10.1. The second-order valence-electron chi connectivity index (χ2n) is 4.53. The Balaban J connectivity index is 2.51. The SMILES string of the molecule is CCCC[C@H](N)C(=O)N[C@H](C)c1ccc(F)cc1. The fourth-order valence-corrected chi connectivity index (χ4v) is 1.71. The van der Waals surface area contributed by atoms with E-state index in [1.54, 1.807) is 12.1 Å². The average Bonchev–Trinajstić information content (AvgIpc) is 2.36. The van der Waals surface area contributed by atoms with E-state index in [1.807, 2.05) is 6.92 Å². The second kappa shape index (κ2) is 7.11. The molecule has 0 radical (unpaired) electrons. The zero-order valence-corrected chi connectivity index (χ0v) is 10.9. The molecule has 0 aliphatic heterocycles. The summed E-state index contributed by atoms with van der Waals surface area (Å²) in [6.07, 6.45) is 2.66. The molecule has 2 atom stereocenters. The number of amides is 1. The minimum atomic E-state index is -0.465. The highest BCUT2D eigenvalue weighted by atomic mass is 19.1. The van der Waals surface area contributed by atoms with Crippen LogP contribution < -0.4 is 11.1 Å². The maximum absolute atomic E-state index is 12.8. The van der Waals surface area contributed by atoms with Crippen molar-refractivity contribution in [3.8, 4) is 0 Å². The molecule has 3 N–H and O–H groups in total. The van der Waals surface area contributed by atoms with Gasteiger partial charge in [0.25, 0.3) is 0 Å². The summed E-state index contributed by atoms with van der Waals surface area (Å²) in [7, 11) is 0. The zero-order chi connectivity index (χ0) is 13.5. The van der Waals surface area contributed by atoms with Gasteiger partial charge in [-0.15, -0.1) is 0 Å². The maximum Gasteiger partial charge on any atom is 0.237 e. The Kier molecular flexibility index (Phi) is 5.78. The Morgan fingerprint density at radius 2 is 2.00 bits per heavy atom. The van der Waals surface area contributed by atoms with Crippen LogP contribution in [0.2, 0.25) is 0 Å². The number of halogens is 1. The van der Waals surface area contributed by atoms with Gasteiger partial charge in [0, 0.05) is 0 Å². The Labute approximate surface area is 108 Å². The van der Waals surface area contributed by atoms with E-state index < -0.39 is 6.04 Å². The molecule has 0 saturated carbocycles. The van der Waals surface area contributed by atoms with Crippen LogP contribution in [0.15, 0.2) is 24.3 Å². The molecule has 0 aliphatic rings. The van der Waals surface area contributed by atoms with Crippen molar-refractivity contribution in [1.29, 1.82) is 0 Å². The quantitative estimate of drug-likeness (QED) is 0.817. The van der Waals surface area contributed by atoms with Crippen LogP contribution in [-0.4, -0.2) is 11.9 Å². The number of unbranched alkanes of at least 4 members (excludes halogenated alkanes) is 1. The number of carbonyl (C=O) groups excluding carboxylic acids is 1. The first kappa shape index (κ1) is 14.6. The summed E-state index contributed by atoms with van der Waals surface area (Å²) < 4.78 is 12.8. The normalized spacial score (nSPS) is 14.0. The van der Waals surface area contributed by atoms with Crippen molar-refractivity contribution in [2.24, 2.45) is 5.73 Å². The van der Waals surface area contributed by atoms with Gasteiger partial charge in [-0.3, -0.25) is 4.79 Å². The molecule has 0 unspecified atom stereocenters. The predicted molar refractivity (Wildman–Crippen MR) is 70.5 cm³/mol. The molecule has 0 bridgehead atoms. The van der Waals surface area contributed by atoms with Gasteiger partial charge in [0.05, 0.1) is 12.1 Å². The van der Waals surface area contributed by atoms with Crippen LogP contribution in [-0.2, 0) is 4.79 Å². The fourth-order valence-electron chi connectivity index (χ4n) is 1.71. The van der Waals surface area contributed by atoms with Gasteiger partial charge in [0.15, 0.2) is 0 Å².